The minimum atomic E-state index is -2.24. The van der Waals surface area contributed by atoms with Crippen molar-refractivity contribution in [2.24, 2.45) is 0 Å². The van der Waals surface area contributed by atoms with Crippen LogP contribution < -0.4 is 0 Å². The first-order chi connectivity index (χ1) is 9.43. The molecule has 1 nitrogen and oxygen atoms in total. The van der Waals surface area contributed by atoms with Crippen molar-refractivity contribution in [3.8, 4) is 0 Å². The highest BCUT2D eigenvalue weighted by atomic mass is 14.7. The topological polar surface area (TPSA) is 12.9 Å². The molecule has 0 saturated carbocycles. The molecule has 0 aliphatic heterocycles. The molecule has 1 heteroatoms. The lowest BCUT2D eigenvalue weighted by molar-refractivity contribution is 1.19. The number of pyridine rings is 1. The van der Waals surface area contributed by atoms with Gasteiger partial charge in [-0.3, -0.25) is 4.98 Å². The van der Waals surface area contributed by atoms with Crippen LogP contribution >= 0.6 is 0 Å². The number of allylic oxidation sites excluding steroid dienone is 4. The van der Waals surface area contributed by atoms with Crippen LogP contribution in [0.1, 0.15) is 31.9 Å². The fraction of sp³-hybridized carbons (Fsp3) is 0.214. The van der Waals surface area contributed by atoms with Crippen LogP contribution in [0.5, 0.6) is 0 Å². The summed E-state index contributed by atoms with van der Waals surface area (Å²) in [6.07, 6.45) is 4.17. The van der Waals surface area contributed by atoms with Crippen molar-refractivity contribution in [1.29, 1.82) is 0 Å². The first-order valence-corrected chi connectivity index (χ1v) is 4.47. The van der Waals surface area contributed by atoms with Gasteiger partial charge in [0.1, 0.15) is 0 Å². The molecule has 0 radical (unpaired) electrons. The third-order valence-electron chi connectivity index (χ3n) is 1.93. The molecule has 0 bridgehead atoms. The zero-order valence-corrected chi connectivity index (χ0v) is 8.67. The van der Waals surface area contributed by atoms with Crippen molar-refractivity contribution in [3.63, 3.8) is 0 Å². The average Bonchev–Trinajstić information content (AvgIpc) is 2.32. The summed E-state index contributed by atoms with van der Waals surface area (Å²) in [7, 11) is 0. The Morgan fingerprint density at radius 3 is 2.80 bits per heavy atom. The predicted molar refractivity (Wildman–Crippen MR) is 66.7 cm³/mol. The van der Waals surface area contributed by atoms with Crippen LogP contribution in [-0.2, 0) is 0 Å². The Balaban J connectivity index is 2.98. The third kappa shape index (κ3) is 3.21. The molecule has 0 aliphatic rings. The van der Waals surface area contributed by atoms with E-state index in [9.17, 15) is 0 Å². The van der Waals surface area contributed by atoms with Gasteiger partial charge in [0.2, 0.25) is 0 Å². The molecule has 1 heterocycles. The Hall–Kier alpha value is -1.63. The molecule has 0 fully saturated rings. The highest BCUT2D eigenvalue weighted by molar-refractivity contribution is 5.70. The molecule has 0 amide bonds. The van der Waals surface area contributed by atoms with Gasteiger partial charge in [-0.05, 0) is 43.4 Å². The fourth-order valence-electron chi connectivity index (χ4n) is 1.02. The summed E-state index contributed by atoms with van der Waals surface area (Å²) < 4.78 is 43.7. The second kappa shape index (κ2) is 4.74. The standard InChI is InChI=1S/C14H17N/c1-10(2)6-7-11(3)14-8-12(4)13(5)9-15-14/h6-9H,1,3H2,2,4-5H3/i2D3,5D3. The van der Waals surface area contributed by atoms with Crippen molar-refractivity contribution in [1.82, 2.24) is 4.98 Å². The number of hydrogen-bond acceptors (Lipinski definition) is 1. The lowest BCUT2D eigenvalue weighted by Crippen LogP contribution is -1.90. The maximum absolute atomic E-state index is 7.38. The van der Waals surface area contributed by atoms with Crippen molar-refractivity contribution in [3.05, 3.63) is 60.0 Å². The summed E-state index contributed by atoms with van der Waals surface area (Å²) in [5, 5.41) is 0. The third-order valence-corrected chi connectivity index (χ3v) is 1.93. The maximum Gasteiger partial charge on any atom is 0.0698 e. The molecule has 78 valence electrons. The van der Waals surface area contributed by atoms with Gasteiger partial charge >= 0.3 is 0 Å². The van der Waals surface area contributed by atoms with Gasteiger partial charge in [-0.25, -0.2) is 0 Å². The van der Waals surface area contributed by atoms with E-state index in [4.69, 9.17) is 8.22 Å². The van der Waals surface area contributed by atoms with Crippen molar-refractivity contribution in [2.75, 3.05) is 0 Å². The van der Waals surface area contributed by atoms with Gasteiger partial charge in [-0.2, -0.15) is 0 Å². The molecule has 1 aromatic heterocycles. The Kier molecular flexibility index (Phi) is 1.72. The van der Waals surface area contributed by atoms with E-state index in [0.717, 1.165) is 0 Å². The van der Waals surface area contributed by atoms with E-state index in [2.05, 4.69) is 18.1 Å². The summed E-state index contributed by atoms with van der Waals surface area (Å²) >= 11 is 0. The number of hydrogen-bond donors (Lipinski definition) is 0. The van der Waals surface area contributed by atoms with E-state index < -0.39 is 13.7 Å². The zero-order chi connectivity index (χ0) is 16.4. The summed E-state index contributed by atoms with van der Waals surface area (Å²) in [6, 6.07) is 1.62. The first-order valence-electron chi connectivity index (χ1n) is 7.47. The first kappa shape index (κ1) is 5.45. The Bertz CT molecular complexity index is 592. The number of aromatic nitrogens is 1. The molecule has 0 aromatic carbocycles. The second-order valence-electron chi connectivity index (χ2n) is 3.27. The smallest absolute Gasteiger partial charge is 0.0698 e. The molecule has 0 N–H and O–H groups in total. The Labute approximate surface area is 100 Å². The molecule has 15 heavy (non-hydrogen) atoms. The molecular weight excluding hydrogens is 182 g/mol. The highest BCUT2D eigenvalue weighted by Gasteiger charge is 1.99. The molecular formula is C14H17N. The van der Waals surface area contributed by atoms with Crippen LogP contribution in [0.25, 0.3) is 5.57 Å². The van der Waals surface area contributed by atoms with Crippen molar-refractivity contribution >= 4 is 5.57 Å². The maximum atomic E-state index is 7.38. The minimum Gasteiger partial charge on any atom is -0.256 e. The lowest BCUT2D eigenvalue weighted by Gasteiger charge is -2.03. The van der Waals surface area contributed by atoms with Crippen LogP contribution in [0, 0.1) is 13.8 Å². The normalized spacial score (nSPS) is 18.2. The van der Waals surface area contributed by atoms with E-state index >= 15 is 0 Å². The summed E-state index contributed by atoms with van der Waals surface area (Å²) in [4.78, 5) is 4.06. The van der Waals surface area contributed by atoms with Crippen LogP contribution in [0.15, 0.2) is 43.1 Å². The van der Waals surface area contributed by atoms with Gasteiger partial charge in [-0.15, -0.1) is 0 Å². The van der Waals surface area contributed by atoms with Gasteiger partial charge in [0.25, 0.3) is 0 Å². The molecule has 0 saturated heterocycles. The largest absolute Gasteiger partial charge is 0.256 e. The second-order valence-corrected chi connectivity index (χ2v) is 3.27. The van der Waals surface area contributed by atoms with E-state index in [1.807, 2.05) is 0 Å². The predicted octanol–water partition coefficient (Wildman–Crippen LogP) is 3.84. The summed E-state index contributed by atoms with van der Waals surface area (Å²) in [5.41, 5.74) is 1.76. The number of rotatable bonds is 3. The minimum absolute atomic E-state index is 0.000478. The molecule has 0 aliphatic carbocycles. The van der Waals surface area contributed by atoms with Crippen molar-refractivity contribution < 1.29 is 8.22 Å². The average molecular weight is 205 g/mol. The van der Waals surface area contributed by atoms with E-state index in [-0.39, 0.29) is 11.1 Å². The molecule has 1 rings (SSSR count). The van der Waals surface area contributed by atoms with E-state index in [0.29, 0.717) is 16.8 Å². The number of aryl methyl sites for hydroxylation is 2. The number of nitrogens with zero attached hydrogens (tertiary/aromatic N) is 1. The van der Waals surface area contributed by atoms with Gasteiger partial charge < -0.3 is 0 Å². The van der Waals surface area contributed by atoms with Gasteiger partial charge in [0.05, 0.1) is 5.69 Å². The van der Waals surface area contributed by atoms with E-state index in [1.54, 1.807) is 13.0 Å². The highest BCUT2D eigenvalue weighted by Crippen LogP contribution is 2.15. The zero-order valence-electron chi connectivity index (χ0n) is 14.7. The summed E-state index contributed by atoms with van der Waals surface area (Å²) in [5.74, 6) is 0. The van der Waals surface area contributed by atoms with Crippen LogP contribution in [0.2, 0.25) is 0 Å². The monoisotopic (exact) mass is 205 g/mol. The molecule has 0 spiro atoms. The Morgan fingerprint density at radius 2 is 2.20 bits per heavy atom. The summed E-state index contributed by atoms with van der Waals surface area (Å²) in [6.45, 7) is 4.50. The van der Waals surface area contributed by atoms with E-state index in [1.165, 1.54) is 18.3 Å². The SMILES string of the molecule is [2H]C([2H])([2H])C(=C)C=CC(=C)c1cc(C)c(C([2H])([2H])[2H])cn1. The quantitative estimate of drug-likeness (QED) is 0.683. The van der Waals surface area contributed by atoms with Crippen LogP contribution in [0.3, 0.4) is 0 Å². The Morgan fingerprint density at radius 1 is 1.40 bits per heavy atom. The molecule has 0 atom stereocenters. The van der Waals surface area contributed by atoms with Crippen molar-refractivity contribution in [2.45, 2.75) is 20.6 Å². The molecule has 1 aromatic rings. The van der Waals surface area contributed by atoms with Gasteiger partial charge in [0.15, 0.2) is 0 Å². The van der Waals surface area contributed by atoms with Crippen LogP contribution in [0.4, 0.5) is 0 Å². The van der Waals surface area contributed by atoms with Gasteiger partial charge in [0, 0.05) is 14.4 Å². The van der Waals surface area contributed by atoms with Gasteiger partial charge in [-0.1, -0.05) is 30.9 Å². The van der Waals surface area contributed by atoms with Crippen LogP contribution in [-0.4, -0.2) is 4.98 Å². The fourth-order valence-corrected chi connectivity index (χ4v) is 1.02. The lowest BCUT2D eigenvalue weighted by atomic mass is 10.1. The molecule has 0 unspecified atom stereocenters.